The highest BCUT2D eigenvalue weighted by Gasteiger charge is 2.39. The number of carboxylic acid groups (broad SMARTS) is 1. The molecule has 0 radical (unpaired) electrons. The first-order chi connectivity index (χ1) is 7.24. The van der Waals surface area contributed by atoms with Crippen molar-refractivity contribution in [3.63, 3.8) is 0 Å². The van der Waals surface area contributed by atoms with Crippen molar-refractivity contribution in [1.29, 1.82) is 0 Å². The van der Waals surface area contributed by atoms with E-state index < -0.39 is 11.9 Å². The molecule has 1 aromatic rings. The van der Waals surface area contributed by atoms with Gasteiger partial charge in [0.2, 0.25) is 0 Å². The molecule has 1 unspecified atom stereocenters. The minimum Gasteiger partial charge on any atom is -0.495 e. The summed E-state index contributed by atoms with van der Waals surface area (Å²) in [7, 11) is 1.53. The Hall–Kier alpha value is -1.58. The number of hydrogen-bond donors (Lipinski definition) is 1. The van der Waals surface area contributed by atoms with Gasteiger partial charge >= 0.3 is 5.97 Å². The summed E-state index contributed by atoms with van der Waals surface area (Å²) in [5, 5.41) is 9.16. The van der Waals surface area contributed by atoms with E-state index in [0.29, 0.717) is 11.4 Å². The highest BCUT2D eigenvalue weighted by Crippen LogP contribution is 2.44. The van der Waals surface area contributed by atoms with Crippen LogP contribution in [0.5, 0.6) is 5.75 Å². The van der Waals surface area contributed by atoms with Gasteiger partial charge in [0.05, 0.1) is 12.8 Å². The maximum absolute atomic E-state index is 11.2. The fourth-order valence-corrected chi connectivity index (χ4v) is 1.78. The summed E-state index contributed by atoms with van der Waals surface area (Å²) in [6.07, 6.45) is 3.55. The monoisotopic (exact) mass is 207 g/mol. The van der Waals surface area contributed by atoms with Gasteiger partial charge in [-0.3, -0.25) is 9.78 Å². The summed E-state index contributed by atoms with van der Waals surface area (Å²) < 4.78 is 5.13. The van der Waals surface area contributed by atoms with Crippen LogP contribution >= 0.6 is 0 Å². The number of rotatable bonds is 4. The van der Waals surface area contributed by atoms with Crippen molar-refractivity contribution in [2.45, 2.75) is 18.8 Å². The van der Waals surface area contributed by atoms with Gasteiger partial charge in [-0.05, 0) is 30.9 Å². The largest absolute Gasteiger partial charge is 0.495 e. The summed E-state index contributed by atoms with van der Waals surface area (Å²) in [5.41, 5.74) is 0.551. The molecule has 0 aromatic carbocycles. The number of ether oxygens (including phenoxy) is 1. The van der Waals surface area contributed by atoms with Crippen molar-refractivity contribution in [1.82, 2.24) is 4.98 Å². The third-order valence-corrected chi connectivity index (χ3v) is 2.67. The average Bonchev–Trinajstić information content (AvgIpc) is 3.03. The summed E-state index contributed by atoms with van der Waals surface area (Å²) >= 11 is 0. The molecule has 2 rings (SSSR count). The minimum atomic E-state index is -0.811. The molecule has 0 amide bonds. The van der Waals surface area contributed by atoms with Crippen LogP contribution < -0.4 is 4.74 Å². The van der Waals surface area contributed by atoms with Crippen molar-refractivity contribution in [2.24, 2.45) is 5.92 Å². The van der Waals surface area contributed by atoms with Gasteiger partial charge in [0, 0.05) is 6.20 Å². The molecular weight excluding hydrogens is 194 g/mol. The Bertz CT molecular complexity index is 374. The molecule has 80 valence electrons. The second kappa shape index (κ2) is 3.88. The predicted molar refractivity (Wildman–Crippen MR) is 53.9 cm³/mol. The molecule has 0 spiro atoms. The van der Waals surface area contributed by atoms with E-state index in [1.165, 1.54) is 7.11 Å². The highest BCUT2D eigenvalue weighted by atomic mass is 16.5. The van der Waals surface area contributed by atoms with E-state index in [1.807, 2.05) is 0 Å². The Balaban J connectivity index is 2.36. The lowest BCUT2D eigenvalue weighted by atomic mass is 9.98. The van der Waals surface area contributed by atoms with E-state index in [1.54, 1.807) is 18.3 Å². The van der Waals surface area contributed by atoms with Crippen LogP contribution in [-0.2, 0) is 4.79 Å². The molecular formula is C11H13NO3. The van der Waals surface area contributed by atoms with Crippen molar-refractivity contribution in [2.75, 3.05) is 7.11 Å². The number of hydrogen-bond acceptors (Lipinski definition) is 3. The van der Waals surface area contributed by atoms with Gasteiger partial charge in [-0.15, -0.1) is 0 Å². The zero-order chi connectivity index (χ0) is 10.8. The van der Waals surface area contributed by atoms with E-state index in [4.69, 9.17) is 9.84 Å². The molecule has 4 heteroatoms. The topological polar surface area (TPSA) is 59.4 Å². The fraction of sp³-hybridized carbons (Fsp3) is 0.455. The van der Waals surface area contributed by atoms with Gasteiger partial charge in [0.15, 0.2) is 0 Å². The van der Waals surface area contributed by atoms with Gasteiger partial charge in [-0.25, -0.2) is 0 Å². The van der Waals surface area contributed by atoms with Crippen LogP contribution in [0, 0.1) is 5.92 Å². The lowest BCUT2D eigenvalue weighted by Crippen LogP contribution is -2.16. The molecule has 0 saturated heterocycles. The van der Waals surface area contributed by atoms with Crippen molar-refractivity contribution in [3.8, 4) is 5.75 Å². The highest BCUT2D eigenvalue weighted by molar-refractivity contribution is 5.77. The number of carbonyl (C=O) groups is 1. The van der Waals surface area contributed by atoms with Crippen LogP contribution in [0.15, 0.2) is 18.3 Å². The first kappa shape index (κ1) is 9.96. The molecule has 1 atom stereocenters. The molecule has 1 aliphatic rings. The molecule has 1 heterocycles. The first-order valence-electron chi connectivity index (χ1n) is 4.95. The van der Waals surface area contributed by atoms with Crippen LogP contribution in [0.4, 0.5) is 0 Å². The maximum atomic E-state index is 11.2. The zero-order valence-electron chi connectivity index (χ0n) is 8.51. The van der Waals surface area contributed by atoms with Crippen LogP contribution in [-0.4, -0.2) is 23.2 Å². The standard InChI is InChI=1S/C11H13NO3/c1-15-8-3-2-6-12-10(8)9(11(13)14)7-4-5-7/h2-3,6-7,9H,4-5H2,1H3,(H,13,14). The third kappa shape index (κ3) is 1.93. The predicted octanol–water partition coefficient (Wildman–Crippen LogP) is 1.67. The van der Waals surface area contributed by atoms with Gasteiger partial charge in [0.1, 0.15) is 11.7 Å². The third-order valence-electron chi connectivity index (χ3n) is 2.67. The van der Waals surface area contributed by atoms with E-state index in [2.05, 4.69) is 4.98 Å². The minimum absolute atomic E-state index is 0.228. The van der Waals surface area contributed by atoms with Crippen LogP contribution in [0.25, 0.3) is 0 Å². The van der Waals surface area contributed by atoms with E-state index in [0.717, 1.165) is 12.8 Å². The normalized spacial score (nSPS) is 17.1. The number of aromatic nitrogens is 1. The molecule has 1 saturated carbocycles. The Morgan fingerprint density at radius 2 is 2.40 bits per heavy atom. The van der Waals surface area contributed by atoms with Crippen molar-refractivity contribution < 1.29 is 14.6 Å². The van der Waals surface area contributed by atoms with Gasteiger partial charge in [-0.2, -0.15) is 0 Å². The summed E-state index contributed by atoms with van der Waals surface area (Å²) in [4.78, 5) is 15.3. The van der Waals surface area contributed by atoms with Gasteiger partial charge < -0.3 is 9.84 Å². The van der Waals surface area contributed by atoms with Crippen LogP contribution in [0.2, 0.25) is 0 Å². The Morgan fingerprint density at radius 3 is 2.93 bits per heavy atom. The average molecular weight is 207 g/mol. The lowest BCUT2D eigenvalue weighted by molar-refractivity contribution is -0.139. The lowest BCUT2D eigenvalue weighted by Gasteiger charge is -2.13. The van der Waals surface area contributed by atoms with E-state index >= 15 is 0 Å². The molecule has 1 N–H and O–H groups in total. The smallest absolute Gasteiger partial charge is 0.313 e. The van der Waals surface area contributed by atoms with Crippen molar-refractivity contribution in [3.05, 3.63) is 24.0 Å². The van der Waals surface area contributed by atoms with Gasteiger partial charge in [0.25, 0.3) is 0 Å². The second-order valence-corrected chi connectivity index (χ2v) is 3.74. The quantitative estimate of drug-likeness (QED) is 0.815. The number of aliphatic carboxylic acids is 1. The molecule has 1 fully saturated rings. The van der Waals surface area contributed by atoms with E-state index in [9.17, 15) is 4.79 Å². The molecule has 4 nitrogen and oxygen atoms in total. The van der Waals surface area contributed by atoms with Crippen molar-refractivity contribution >= 4 is 5.97 Å². The molecule has 0 aliphatic heterocycles. The maximum Gasteiger partial charge on any atom is 0.313 e. The van der Waals surface area contributed by atoms with Crippen LogP contribution in [0.1, 0.15) is 24.5 Å². The second-order valence-electron chi connectivity index (χ2n) is 3.74. The molecule has 15 heavy (non-hydrogen) atoms. The molecule has 1 aromatic heterocycles. The SMILES string of the molecule is COc1cccnc1C(C(=O)O)C1CC1. The number of carboxylic acids is 1. The Kier molecular flexibility index (Phi) is 2.58. The van der Waals surface area contributed by atoms with Crippen LogP contribution in [0.3, 0.4) is 0 Å². The van der Waals surface area contributed by atoms with E-state index in [-0.39, 0.29) is 5.92 Å². The molecule has 1 aliphatic carbocycles. The zero-order valence-corrected chi connectivity index (χ0v) is 8.51. The number of pyridine rings is 1. The van der Waals surface area contributed by atoms with Gasteiger partial charge in [-0.1, -0.05) is 0 Å². The summed E-state index contributed by atoms with van der Waals surface area (Å²) in [6.45, 7) is 0. The first-order valence-corrected chi connectivity index (χ1v) is 4.95. The Morgan fingerprint density at radius 1 is 1.67 bits per heavy atom. The molecule has 0 bridgehead atoms. The summed E-state index contributed by atoms with van der Waals surface area (Å²) in [5.74, 6) is -0.529. The number of nitrogens with zero attached hydrogens (tertiary/aromatic N) is 1. The fourth-order valence-electron chi connectivity index (χ4n) is 1.78. The summed E-state index contributed by atoms with van der Waals surface area (Å²) in [6, 6.07) is 3.49. The number of methoxy groups -OCH3 is 1. The Labute approximate surface area is 87.9 Å².